The summed E-state index contributed by atoms with van der Waals surface area (Å²) in [5, 5.41) is 0.414. The molecule has 4 aromatic rings. The number of sulfone groups is 1. The highest BCUT2D eigenvalue weighted by Crippen LogP contribution is 2.32. The number of aromatic nitrogens is 1. The third-order valence-electron chi connectivity index (χ3n) is 3.99. The lowest BCUT2D eigenvalue weighted by Crippen LogP contribution is -2.07. The predicted molar refractivity (Wildman–Crippen MR) is 96.5 cm³/mol. The molecule has 0 unspecified atom stereocenters. The van der Waals surface area contributed by atoms with E-state index in [1.165, 1.54) is 24.6 Å². The minimum atomic E-state index is -3.32. The molecule has 0 aliphatic heterocycles. The van der Waals surface area contributed by atoms with Crippen molar-refractivity contribution in [2.24, 2.45) is 0 Å². The van der Waals surface area contributed by atoms with Crippen molar-refractivity contribution in [1.29, 1.82) is 0 Å². The average Bonchev–Trinajstić information content (AvgIpc) is 3.15. The Kier molecular flexibility index (Phi) is 3.73. The lowest BCUT2D eigenvalue weighted by molar-refractivity contribution is 0.566. The molecule has 0 aliphatic carbocycles. The smallest absolute Gasteiger partial charge is 0.233 e. The fourth-order valence-corrected chi connectivity index (χ4v) is 3.37. The molecule has 26 heavy (non-hydrogen) atoms. The molecular formula is C19H13NO5S. The van der Waals surface area contributed by atoms with Crippen LogP contribution < -0.4 is 5.43 Å². The normalized spacial score (nSPS) is 11.7. The number of para-hydroxylation sites is 1. The molecule has 2 aromatic carbocycles. The number of nitrogens with zero attached hydrogens (tertiary/aromatic N) is 1. The van der Waals surface area contributed by atoms with E-state index in [1.54, 1.807) is 36.4 Å². The largest absolute Gasteiger partial charge is 0.455 e. The molecule has 0 amide bonds. The summed E-state index contributed by atoms with van der Waals surface area (Å²) in [7, 11) is -3.32. The quantitative estimate of drug-likeness (QED) is 0.550. The molecule has 2 heterocycles. The Labute approximate surface area is 148 Å². The predicted octanol–water partition coefficient (Wildman–Crippen LogP) is 3.52. The fourth-order valence-electron chi connectivity index (χ4n) is 2.74. The van der Waals surface area contributed by atoms with Crippen LogP contribution in [0.1, 0.15) is 0 Å². The van der Waals surface area contributed by atoms with E-state index in [0.29, 0.717) is 16.5 Å². The minimum absolute atomic E-state index is 0.145. The highest BCUT2D eigenvalue weighted by Gasteiger charge is 2.21. The Hall–Kier alpha value is -3.19. The molecule has 2 aromatic heterocycles. The number of fused-ring (bicyclic) bond motifs is 1. The molecule has 130 valence electrons. The minimum Gasteiger partial charge on any atom is -0.455 e. The molecule has 0 saturated carbocycles. The summed E-state index contributed by atoms with van der Waals surface area (Å²) in [5.41, 5.74) is 0.903. The summed E-state index contributed by atoms with van der Waals surface area (Å²) in [6.45, 7) is 0. The van der Waals surface area contributed by atoms with Crippen molar-refractivity contribution in [3.8, 4) is 22.8 Å². The molecule has 4 rings (SSSR count). The second-order valence-corrected chi connectivity index (χ2v) is 7.78. The van der Waals surface area contributed by atoms with Gasteiger partial charge in [0.1, 0.15) is 17.4 Å². The van der Waals surface area contributed by atoms with E-state index in [4.69, 9.17) is 8.83 Å². The molecule has 7 heteroatoms. The Morgan fingerprint density at radius 2 is 1.73 bits per heavy atom. The lowest BCUT2D eigenvalue weighted by Gasteiger charge is -2.08. The van der Waals surface area contributed by atoms with Crippen LogP contribution in [0.4, 0.5) is 0 Å². The molecule has 0 fully saturated rings. The standard InChI is InChI=1S/C19H13NO5S/c1-26(22,23)13-8-6-12(7-9-13)18-16(19-20-10-11-24-19)17(21)14-4-2-3-5-15(14)25-18/h2-11H,1H3. The average molecular weight is 367 g/mol. The Morgan fingerprint density at radius 1 is 1.00 bits per heavy atom. The van der Waals surface area contributed by atoms with Gasteiger partial charge in [-0.2, -0.15) is 0 Å². The van der Waals surface area contributed by atoms with E-state index in [-0.39, 0.29) is 27.5 Å². The number of oxazole rings is 1. The van der Waals surface area contributed by atoms with Crippen molar-refractivity contribution in [1.82, 2.24) is 4.98 Å². The van der Waals surface area contributed by atoms with Gasteiger partial charge in [-0.05, 0) is 36.4 Å². The highest BCUT2D eigenvalue weighted by atomic mass is 32.2. The van der Waals surface area contributed by atoms with Crippen molar-refractivity contribution in [2.75, 3.05) is 6.26 Å². The summed E-state index contributed by atoms with van der Waals surface area (Å²) >= 11 is 0. The second kappa shape index (κ2) is 5.96. The van der Waals surface area contributed by atoms with Crippen molar-refractivity contribution >= 4 is 20.8 Å². The first kappa shape index (κ1) is 16.3. The van der Waals surface area contributed by atoms with Crippen LogP contribution in [-0.2, 0) is 9.84 Å². The van der Waals surface area contributed by atoms with Crippen molar-refractivity contribution in [2.45, 2.75) is 4.90 Å². The third kappa shape index (κ3) is 2.72. The van der Waals surface area contributed by atoms with Gasteiger partial charge >= 0.3 is 0 Å². The molecule has 0 spiro atoms. The van der Waals surface area contributed by atoms with Crippen LogP contribution in [0.25, 0.3) is 33.7 Å². The molecule has 0 N–H and O–H groups in total. The van der Waals surface area contributed by atoms with Crippen LogP contribution in [0.3, 0.4) is 0 Å². The van der Waals surface area contributed by atoms with Crippen LogP contribution in [0.5, 0.6) is 0 Å². The van der Waals surface area contributed by atoms with E-state index in [1.807, 2.05) is 0 Å². The van der Waals surface area contributed by atoms with Crippen LogP contribution >= 0.6 is 0 Å². The van der Waals surface area contributed by atoms with Gasteiger partial charge in [0.05, 0.1) is 16.5 Å². The van der Waals surface area contributed by atoms with E-state index in [0.717, 1.165) is 6.26 Å². The zero-order valence-electron chi connectivity index (χ0n) is 13.7. The summed E-state index contributed by atoms with van der Waals surface area (Å²) in [6, 6.07) is 13.0. The van der Waals surface area contributed by atoms with Gasteiger partial charge in [0.15, 0.2) is 15.6 Å². The van der Waals surface area contributed by atoms with Gasteiger partial charge in [-0.15, -0.1) is 0 Å². The van der Waals surface area contributed by atoms with E-state index < -0.39 is 9.84 Å². The van der Waals surface area contributed by atoms with Crippen LogP contribution in [-0.4, -0.2) is 19.7 Å². The van der Waals surface area contributed by atoms with E-state index in [2.05, 4.69) is 4.98 Å². The molecule has 0 bridgehead atoms. The number of hydrogen-bond donors (Lipinski definition) is 0. The zero-order chi connectivity index (χ0) is 18.3. The maximum absolute atomic E-state index is 13.0. The Balaban J connectivity index is 2.03. The molecule has 6 nitrogen and oxygen atoms in total. The first-order valence-corrected chi connectivity index (χ1v) is 9.60. The van der Waals surface area contributed by atoms with Gasteiger partial charge in [-0.25, -0.2) is 13.4 Å². The molecule has 0 saturated heterocycles. The zero-order valence-corrected chi connectivity index (χ0v) is 14.5. The lowest BCUT2D eigenvalue weighted by atomic mass is 10.0. The topological polar surface area (TPSA) is 90.4 Å². The maximum Gasteiger partial charge on any atom is 0.233 e. The van der Waals surface area contributed by atoms with Crippen LogP contribution in [0, 0.1) is 0 Å². The number of rotatable bonds is 3. The van der Waals surface area contributed by atoms with Gasteiger partial charge in [0.2, 0.25) is 11.3 Å². The van der Waals surface area contributed by atoms with Crippen molar-refractivity contribution in [3.63, 3.8) is 0 Å². The summed E-state index contributed by atoms with van der Waals surface area (Å²) in [6.07, 6.45) is 3.96. The van der Waals surface area contributed by atoms with Crippen LogP contribution in [0.15, 0.2) is 79.5 Å². The second-order valence-electron chi connectivity index (χ2n) is 5.77. The number of benzene rings is 2. The van der Waals surface area contributed by atoms with Gasteiger partial charge in [-0.1, -0.05) is 12.1 Å². The Morgan fingerprint density at radius 3 is 2.38 bits per heavy atom. The molecule has 0 atom stereocenters. The Bertz CT molecular complexity index is 1250. The van der Waals surface area contributed by atoms with E-state index in [9.17, 15) is 13.2 Å². The summed E-state index contributed by atoms with van der Waals surface area (Å²) < 4.78 is 34.6. The first-order valence-electron chi connectivity index (χ1n) is 7.71. The van der Waals surface area contributed by atoms with Gasteiger partial charge in [0, 0.05) is 11.8 Å². The monoisotopic (exact) mass is 367 g/mol. The van der Waals surface area contributed by atoms with Crippen molar-refractivity contribution < 1.29 is 17.3 Å². The van der Waals surface area contributed by atoms with Gasteiger partial charge in [0.25, 0.3) is 0 Å². The van der Waals surface area contributed by atoms with E-state index >= 15 is 0 Å². The first-order chi connectivity index (χ1) is 12.4. The van der Waals surface area contributed by atoms with Gasteiger partial charge in [-0.3, -0.25) is 4.79 Å². The summed E-state index contributed by atoms with van der Waals surface area (Å²) in [5.74, 6) is 0.419. The highest BCUT2D eigenvalue weighted by molar-refractivity contribution is 7.90. The van der Waals surface area contributed by atoms with Gasteiger partial charge < -0.3 is 8.83 Å². The summed E-state index contributed by atoms with van der Waals surface area (Å²) in [4.78, 5) is 17.2. The maximum atomic E-state index is 13.0. The molecule has 0 aliphatic rings. The fraction of sp³-hybridized carbons (Fsp3) is 0.0526. The third-order valence-corrected chi connectivity index (χ3v) is 5.12. The van der Waals surface area contributed by atoms with Crippen LogP contribution in [0.2, 0.25) is 0 Å². The van der Waals surface area contributed by atoms with Crippen molar-refractivity contribution in [3.05, 3.63) is 71.2 Å². The molecular weight excluding hydrogens is 354 g/mol. The SMILES string of the molecule is CS(=O)(=O)c1ccc(-c2oc3ccccc3c(=O)c2-c2ncco2)cc1. The number of hydrogen-bond acceptors (Lipinski definition) is 6. The molecule has 0 radical (unpaired) electrons.